The molecular weight excluding hydrogens is 301 g/mol. The molecule has 2 aliphatic rings. The predicted molar refractivity (Wildman–Crippen MR) is 81.9 cm³/mol. The molecule has 0 aromatic carbocycles. The van der Waals surface area contributed by atoms with Gasteiger partial charge in [-0.15, -0.1) is 34.8 Å². The molecule has 4 heteroatoms. The fraction of sp³-hybridized carbons (Fsp3) is 0.933. The summed E-state index contributed by atoms with van der Waals surface area (Å²) in [6, 6.07) is 2.52. The van der Waals surface area contributed by atoms with Crippen LogP contribution in [0.25, 0.3) is 0 Å². The Morgan fingerprint density at radius 2 is 1.53 bits per heavy atom. The van der Waals surface area contributed by atoms with Crippen molar-refractivity contribution in [1.29, 1.82) is 5.26 Å². The molecule has 0 radical (unpaired) electrons. The Labute approximate surface area is 131 Å². The molecule has 3 atom stereocenters. The predicted octanol–water partition coefficient (Wildman–Crippen LogP) is 5.18. The monoisotopic (exact) mass is 321 g/mol. The van der Waals surface area contributed by atoms with E-state index in [0.717, 1.165) is 38.5 Å². The van der Waals surface area contributed by atoms with E-state index in [-0.39, 0.29) is 22.6 Å². The van der Waals surface area contributed by atoms with E-state index in [1.165, 1.54) is 0 Å². The van der Waals surface area contributed by atoms with Crippen LogP contribution in [0.3, 0.4) is 0 Å². The van der Waals surface area contributed by atoms with E-state index in [2.05, 4.69) is 13.0 Å². The van der Waals surface area contributed by atoms with E-state index in [9.17, 15) is 5.26 Å². The number of nitriles is 1. The summed E-state index contributed by atoms with van der Waals surface area (Å²) in [4.78, 5) is 0. The molecule has 0 N–H and O–H groups in total. The standard InChI is InChI=1S/C15H22Cl3N/c1-9-6-13(17)15(14(18)7-9)12(8-19)10-2-4-11(16)5-3-10/h9-15H,2-7H2,1H3. The smallest absolute Gasteiger partial charge is 0.0662 e. The Bertz CT molecular complexity index is 321. The van der Waals surface area contributed by atoms with Crippen molar-refractivity contribution in [2.45, 2.75) is 61.6 Å². The zero-order chi connectivity index (χ0) is 14.0. The second-order valence-electron chi connectivity index (χ2n) is 6.35. The molecule has 0 aromatic heterocycles. The summed E-state index contributed by atoms with van der Waals surface area (Å²) in [7, 11) is 0. The van der Waals surface area contributed by atoms with E-state index >= 15 is 0 Å². The number of rotatable bonds is 2. The van der Waals surface area contributed by atoms with Crippen molar-refractivity contribution >= 4 is 34.8 Å². The normalized spacial score (nSPS) is 45.4. The number of alkyl halides is 3. The minimum atomic E-state index is 0.00154. The van der Waals surface area contributed by atoms with Crippen molar-refractivity contribution in [3.63, 3.8) is 0 Å². The van der Waals surface area contributed by atoms with Gasteiger partial charge in [0, 0.05) is 22.0 Å². The lowest BCUT2D eigenvalue weighted by molar-refractivity contribution is 0.177. The fourth-order valence-electron chi connectivity index (χ4n) is 3.80. The van der Waals surface area contributed by atoms with Crippen LogP contribution in [0.2, 0.25) is 0 Å². The average molecular weight is 323 g/mol. The van der Waals surface area contributed by atoms with E-state index < -0.39 is 0 Å². The summed E-state index contributed by atoms with van der Waals surface area (Å²) in [6.07, 6.45) is 6.11. The number of nitrogens with zero attached hydrogens (tertiary/aromatic N) is 1. The molecule has 0 bridgehead atoms. The Morgan fingerprint density at radius 3 is 2.00 bits per heavy atom. The lowest BCUT2D eigenvalue weighted by atomic mass is 9.68. The lowest BCUT2D eigenvalue weighted by Crippen LogP contribution is -2.41. The van der Waals surface area contributed by atoms with Crippen LogP contribution in [0.1, 0.15) is 45.4 Å². The third kappa shape index (κ3) is 3.72. The molecule has 3 unspecified atom stereocenters. The molecule has 0 aliphatic heterocycles. The molecule has 0 aromatic rings. The molecule has 0 amide bonds. The second kappa shape index (κ2) is 6.88. The first-order chi connectivity index (χ1) is 9.02. The molecule has 108 valence electrons. The number of hydrogen-bond donors (Lipinski definition) is 0. The third-order valence-corrected chi connectivity index (χ3v) is 6.24. The molecule has 1 nitrogen and oxygen atoms in total. The van der Waals surface area contributed by atoms with Crippen molar-refractivity contribution in [2.24, 2.45) is 23.7 Å². The van der Waals surface area contributed by atoms with Crippen LogP contribution in [-0.4, -0.2) is 16.1 Å². The molecule has 2 aliphatic carbocycles. The van der Waals surface area contributed by atoms with E-state index in [0.29, 0.717) is 17.2 Å². The molecule has 2 saturated carbocycles. The topological polar surface area (TPSA) is 23.8 Å². The van der Waals surface area contributed by atoms with Gasteiger partial charge in [0.2, 0.25) is 0 Å². The first-order valence-corrected chi connectivity index (χ1v) is 8.65. The van der Waals surface area contributed by atoms with Crippen molar-refractivity contribution in [1.82, 2.24) is 0 Å². The Kier molecular flexibility index (Phi) is 5.70. The third-order valence-electron chi connectivity index (χ3n) is 4.86. The molecule has 2 rings (SSSR count). The maximum Gasteiger partial charge on any atom is 0.0662 e. The van der Waals surface area contributed by atoms with Gasteiger partial charge in [0.1, 0.15) is 0 Å². The highest BCUT2D eigenvalue weighted by Crippen LogP contribution is 2.45. The minimum absolute atomic E-state index is 0.00154. The molecule has 0 spiro atoms. The molecule has 0 saturated heterocycles. The molecule has 2 fully saturated rings. The van der Waals surface area contributed by atoms with Crippen molar-refractivity contribution < 1.29 is 0 Å². The first kappa shape index (κ1) is 15.7. The highest BCUT2D eigenvalue weighted by atomic mass is 35.5. The minimum Gasteiger partial charge on any atom is -0.198 e. The number of halogens is 3. The van der Waals surface area contributed by atoms with Gasteiger partial charge in [-0.1, -0.05) is 6.92 Å². The van der Waals surface area contributed by atoms with Gasteiger partial charge < -0.3 is 0 Å². The highest BCUT2D eigenvalue weighted by molar-refractivity contribution is 6.24. The fourth-order valence-corrected chi connectivity index (χ4v) is 5.40. The van der Waals surface area contributed by atoms with Crippen LogP contribution in [0, 0.1) is 35.0 Å². The van der Waals surface area contributed by atoms with Crippen LogP contribution in [0.5, 0.6) is 0 Å². The van der Waals surface area contributed by atoms with Crippen LogP contribution in [0.4, 0.5) is 0 Å². The van der Waals surface area contributed by atoms with Crippen LogP contribution in [-0.2, 0) is 0 Å². The second-order valence-corrected chi connectivity index (χ2v) is 8.09. The molecule has 19 heavy (non-hydrogen) atoms. The van der Waals surface area contributed by atoms with Crippen molar-refractivity contribution in [2.75, 3.05) is 0 Å². The van der Waals surface area contributed by atoms with Gasteiger partial charge in [-0.3, -0.25) is 0 Å². The SMILES string of the molecule is CC1CC(Cl)C(C(C#N)C2CCC(Cl)CC2)C(Cl)C1. The van der Waals surface area contributed by atoms with E-state index in [1.54, 1.807) is 0 Å². The van der Waals surface area contributed by atoms with Gasteiger partial charge in [-0.05, 0) is 50.4 Å². The van der Waals surface area contributed by atoms with Crippen molar-refractivity contribution in [3.8, 4) is 6.07 Å². The number of hydrogen-bond acceptors (Lipinski definition) is 1. The van der Waals surface area contributed by atoms with Gasteiger partial charge in [0.25, 0.3) is 0 Å². The molecule has 0 heterocycles. The zero-order valence-corrected chi connectivity index (χ0v) is 13.6. The highest BCUT2D eigenvalue weighted by Gasteiger charge is 2.43. The van der Waals surface area contributed by atoms with Gasteiger partial charge in [-0.25, -0.2) is 0 Å². The quantitative estimate of drug-likeness (QED) is 0.642. The van der Waals surface area contributed by atoms with Gasteiger partial charge in [0.05, 0.1) is 12.0 Å². The Morgan fingerprint density at radius 1 is 1.00 bits per heavy atom. The summed E-state index contributed by atoms with van der Waals surface area (Å²) < 4.78 is 0. The van der Waals surface area contributed by atoms with E-state index in [1.807, 2.05) is 0 Å². The summed E-state index contributed by atoms with van der Waals surface area (Å²) in [6.45, 7) is 2.20. The van der Waals surface area contributed by atoms with Crippen LogP contribution < -0.4 is 0 Å². The maximum absolute atomic E-state index is 9.60. The van der Waals surface area contributed by atoms with Gasteiger partial charge in [0.15, 0.2) is 0 Å². The van der Waals surface area contributed by atoms with E-state index in [4.69, 9.17) is 34.8 Å². The van der Waals surface area contributed by atoms with Gasteiger partial charge in [-0.2, -0.15) is 5.26 Å². The summed E-state index contributed by atoms with van der Waals surface area (Å²) in [5.74, 6) is 1.14. The maximum atomic E-state index is 9.60. The Hall–Kier alpha value is 0.360. The Balaban J connectivity index is 2.06. The summed E-state index contributed by atoms with van der Waals surface area (Å²) >= 11 is 19.2. The van der Waals surface area contributed by atoms with Crippen LogP contribution >= 0.6 is 34.8 Å². The summed E-state index contributed by atoms with van der Waals surface area (Å²) in [5.41, 5.74) is 0. The lowest BCUT2D eigenvalue weighted by Gasteiger charge is -2.41. The molecular formula is C15H22Cl3N. The van der Waals surface area contributed by atoms with Gasteiger partial charge >= 0.3 is 0 Å². The summed E-state index contributed by atoms with van der Waals surface area (Å²) in [5, 5.41) is 9.98. The van der Waals surface area contributed by atoms with Crippen LogP contribution in [0.15, 0.2) is 0 Å². The average Bonchev–Trinajstić information content (AvgIpc) is 2.35. The zero-order valence-electron chi connectivity index (χ0n) is 11.4. The largest absolute Gasteiger partial charge is 0.198 e. The van der Waals surface area contributed by atoms with Crippen molar-refractivity contribution in [3.05, 3.63) is 0 Å². The first-order valence-electron chi connectivity index (χ1n) is 7.34.